The Hall–Kier alpha value is -1.82. The highest BCUT2D eigenvalue weighted by atomic mass is 14.1. The van der Waals surface area contributed by atoms with Crippen molar-refractivity contribution in [1.82, 2.24) is 0 Å². The summed E-state index contributed by atoms with van der Waals surface area (Å²) in [5.74, 6) is 0. The first-order valence-corrected chi connectivity index (χ1v) is 6.37. The van der Waals surface area contributed by atoms with Crippen LogP contribution in [0.25, 0.3) is 5.57 Å². The van der Waals surface area contributed by atoms with Crippen LogP contribution >= 0.6 is 0 Å². The van der Waals surface area contributed by atoms with Gasteiger partial charge in [0.2, 0.25) is 0 Å². The average Bonchev–Trinajstić information content (AvgIpc) is 2.34. The van der Waals surface area contributed by atoms with Crippen molar-refractivity contribution in [1.29, 1.82) is 0 Å². The van der Waals surface area contributed by atoms with Crippen molar-refractivity contribution in [3.63, 3.8) is 0 Å². The molecule has 2 aromatic rings. The summed E-state index contributed by atoms with van der Waals surface area (Å²) >= 11 is 0. The molecule has 0 amide bonds. The topological polar surface area (TPSA) is 0 Å². The van der Waals surface area contributed by atoms with Crippen molar-refractivity contribution >= 4 is 5.57 Å². The minimum Gasteiger partial charge on any atom is -0.0955 e. The fourth-order valence-electron chi connectivity index (χ4n) is 2.10. The molecule has 0 radical (unpaired) electrons. The van der Waals surface area contributed by atoms with Gasteiger partial charge in [-0.1, -0.05) is 54.6 Å². The minimum atomic E-state index is 0.988. The number of allylic oxidation sites excluding steroid dienone is 1. The van der Waals surface area contributed by atoms with Crippen LogP contribution < -0.4 is 0 Å². The molecule has 2 aromatic carbocycles. The lowest BCUT2D eigenvalue weighted by Gasteiger charge is -2.07. The number of hydrogen-bond acceptors (Lipinski definition) is 0. The summed E-state index contributed by atoms with van der Waals surface area (Å²) in [7, 11) is 0. The Kier molecular flexibility index (Phi) is 3.66. The molecular weight excluding hydrogens is 216 g/mol. The second-order valence-electron chi connectivity index (χ2n) is 5.08. The van der Waals surface area contributed by atoms with Gasteiger partial charge in [0.25, 0.3) is 0 Å². The van der Waals surface area contributed by atoms with E-state index in [1.807, 2.05) is 0 Å². The maximum atomic E-state index is 4.00. The highest BCUT2D eigenvalue weighted by molar-refractivity contribution is 5.61. The first kappa shape index (κ1) is 12.6. The van der Waals surface area contributed by atoms with Crippen LogP contribution in [0.5, 0.6) is 0 Å². The van der Waals surface area contributed by atoms with E-state index in [0.29, 0.717) is 0 Å². The van der Waals surface area contributed by atoms with Crippen molar-refractivity contribution in [3.05, 3.63) is 76.9 Å². The Bertz CT molecular complexity index is 576. The van der Waals surface area contributed by atoms with Gasteiger partial charge >= 0.3 is 0 Å². The van der Waals surface area contributed by atoms with Crippen LogP contribution in [0.2, 0.25) is 0 Å². The first-order chi connectivity index (χ1) is 8.56. The fourth-order valence-corrected chi connectivity index (χ4v) is 2.10. The SMILES string of the molecule is C=C(C)c1cccc(Cc2ccc(C)c(C)c2)c1. The molecule has 0 saturated carbocycles. The maximum Gasteiger partial charge on any atom is -0.00255 e. The molecule has 0 aliphatic carbocycles. The fraction of sp³-hybridized carbons (Fsp3) is 0.222. The summed E-state index contributed by atoms with van der Waals surface area (Å²) in [5.41, 5.74) is 7.79. The van der Waals surface area contributed by atoms with E-state index in [2.05, 4.69) is 69.8 Å². The average molecular weight is 236 g/mol. The Labute approximate surface area is 110 Å². The first-order valence-electron chi connectivity index (χ1n) is 6.37. The van der Waals surface area contributed by atoms with E-state index >= 15 is 0 Å². The minimum absolute atomic E-state index is 0.988. The van der Waals surface area contributed by atoms with E-state index in [0.717, 1.165) is 12.0 Å². The van der Waals surface area contributed by atoms with Gasteiger partial charge in [-0.15, -0.1) is 0 Å². The van der Waals surface area contributed by atoms with Crippen molar-refractivity contribution in [2.45, 2.75) is 27.2 Å². The molecular formula is C18H20. The van der Waals surface area contributed by atoms with Crippen LogP contribution in [0.1, 0.15) is 34.7 Å². The van der Waals surface area contributed by atoms with Gasteiger partial charge in [0, 0.05) is 0 Å². The smallest absolute Gasteiger partial charge is 0.00255 e. The van der Waals surface area contributed by atoms with E-state index in [9.17, 15) is 0 Å². The van der Waals surface area contributed by atoms with Crippen molar-refractivity contribution in [3.8, 4) is 0 Å². The molecule has 0 fully saturated rings. The second kappa shape index (κ2) is 5.22. The molecule has 0 spiro atoms. The summed E-state index contributed by atoms with van der Waals surface area (Å²) in [6.07, 6.45) is 0.988. The van der Waals surface area contributed by atoms with Crippen molar-refractivity contribution in [2.75, 3.05) is 0 Å². The molecule has 0 unspecified atom stereocenters. The van der Waals surface area contributed by atoms with Gasteiger partial charge in [0.05, 0.1) is 0 Å². The third-order valence-electron chi connectivity index (χ3n) is 3.40. The maximum absolute atomic E-state index is 4.00. The molecule has 0 N–H and O–H groups in total. The Morgan fingerprint density at radius 2 is 1.67 bits per heavy atom. The zero-order valence-electron chi connectivity index (χ0n) is 11.5. The molecule has 18 heavy (non-hydrogen) atoms. The summed E-state index contributed by atoms with van der Waals surface area (Å²) in [6, 6.07) is 15.3. The number of rotatable bonds is 3. The predicted octanol–water partition coefficient (Wildman–Crippen LogP) is 4.93. The third kappa shape index (κ3) is 2.89. The zero-order valence-corrected chi connectivity index (χ0v) is 11.5. The van der Waals surface area contributed by atoms with Crippen LogP contribution in [0.4, 0.5) is 0 Å². The van der Waals surface area contributed by atoms with Gasteiger partial charge in [-0.2, -0.15) is 0 Å². The van der Waals surface area contributed by atoms with Gasteiger partial charge in [0.15, 0.2) is 0 Å². The zero-order chi connectivity index (χ0) is 13.1. The van der Waals surface area contributed by atoms with E-state index < -0.39 is 0 Å². The molecule has 0 heteroatoms. The summed E-state index contributed by atoms with van der Waals surface area (Å²) < 4.78 is 0. The molecule has 0 atom stereocenters. The lowest BCUT2D eigenvalue weighted by atomic mass is 9.98. The largest absolute Gasteiger partial charge is 0.0955 e. The molecule has 92 valence electrons. The lowest BCUT2D eigenvalue weighted by Crippen LogP contribution is -1.91. The number of aryl methyl sites for hydroxylation is 2. The number of hydrogen-bond donors (Lipinski definition) is 0. The Morgan fingerprint density at radius 1 is 0.944 bits per heavy atom. The quantitative estimate of drug-likeness (QED) is 0.709. The van der Waals surface area contributed by atoms with E-state index in [1.54, 1.807) is 0 Å². The Balaban J connectivity index is 2.25. The summed E-state index contributed by atoms with van der Waals surface area (Å²) in [4.78, 5) is 0. The van der Waals surface area contributed by atoms with Crippen molar-refractivity contribution in [2.24, 2.45) is 0 Å². The normalized spacial score (nSPS) is 10.4. The molecule has 0 aliphatic rings. The molecule has 2 rings (SSSR count). The van der Waals surface area contributed by atoms with Crippen LogP contribution in [0.3, 0.4) is 0 Å². The van der Waals surface area contributed by atoms with Gasteiger partial charge in [-0.3, -0.25) is 0 Å². The van der Waals surface area contributed by atoms with Gasteiger partial charge in [-0.05, 0) is 55.0 Å². The monoisotopic (exact) mass is 236 g/mol. The van der Waals surface area contributed by atoms with Crippen LogP contribution in [0, 0.1) is 13.8 Å². The standard InChI is InChI=1S/C18H20/c1-13(2)18-7-5-6-16(12-18)11-17-9-8-14(3)15(4)10-17/h5-10,12H,1,11H2,2-4H3. The highest BCUT2D eigenvalue weighted by Crippen LogP contribution is 2.17. The Morgan fingerprint density at radius 3 is 2.33 bits per heavy atom. The molecule has 0 bridgehead atoms. The van der Waals surface area contributed by atoms with E-state index in [1.165, 1.54) is 27.8 Å². The van der Waals surface area contributed by atoms with Crippen LogP contribution in [-0.2, 0) is 6.42 Å². The molecule has 0 saturated heterocycles. The van der Waals surface area contributed by atoms with Crippen LogP contribution in [0.15, 0.2) is 49.0 Å². The summed E-state index contributed by atoms with van der Waals surface area (Å²) in [6.45, 7) is 10.4. The second-order valence-corrected chi connectivity index (χ2v) is 5.08. The molecule has 0 heterocycles. The lowest BCUT2D eigenvalue weighted by molar-refractivity contribution is 1.17. The third-order valence-corrected chi connectivity index (χ3v) is 3.40. The van der Waals surface area contributed by atoms with Gasteiger partial charge in [-0.25, -0.2) is 0 Å². The number of benzene rings is 2. The van der Waals surface area contributed by atoms with Crippen LogP contribution in [-0.4, -0.2) is 0 Å². The van der Waals surface area contributed by atoms with Crippen molar-refractivity contribution < 1.29 is 0 Å². The predicted molar refractivity (Wildman–Crippen MR) is 79.9 cm³/mol. The summed E-state index contributed by atoms with van der Waals surface area (Å²) in [5, 5.41) is 0. The van der Waals surface area contributed by atoms with E-state index in [4.69, 9.17) is 0 Å². The highest BCUT2D eigenvalue weighted by Gasteiger charge is 2.00. The van der Waals surface area contributed by atoms with Gasteiger partial charge in [0.1, 0.15) is 0 Å². The van der Waals surface area contributed by atoms with E-state index in [-0.39, 0.29) is 0 Å². The molecule has 0 aliphatic heterocycles. The molecule has 0 nitrogen and oxygen atoms in total. The van der Waals surface area contributed by atoms with Gasteiger partial charge < -0.3 is 0 Å². The molecule has 0 aromatic heterocycles.